The number of terminal acetylenes is 1. The topological polar surface area (TPSA) is 131 Å². The highest BCUT2D eigenvalue weighted by molar-refractivity contribution is 5.29. The van der Waals surface area contributed by atoms with E-state index < -0.39 is 35.8 Å². The number of aliphatic hydroxyl groups is 3. The van der Waals surface area contributed by atoms with Gasteiger partial charge in [0.25, 0.3) is 0 Å². The average Bonchev–Trinajstić information content (AvgIpc) is 2.63. The summed E-state index contributed by atoms with van der Waals surface area (Å²) in [5, 5.41) is 30.2. The summed E-state index contributed by atoms with van der Waals surface area (Å²) in [4.78, 5) is 15.6. The van der Waals surface area contributed by atoms with Crippen LogP contribution in [0, 0.1) is 19.3 Å². The molecule has 8 heteroatoms. The van der Waals surface area contributed by atoms with Gasteiger partial charge in [0.15, 0.2) is 11.8 Å². The van der Waals surface area contributed by atoms with E-state index >= 15 is 0 Å². The molecule has 0 spiro atoms. The number of aryl methyl sites for hydroxylation is 1. The van der Waals surface area contributed by atoms with Crippen LogP contribution in [0.5, 0.6) is 0 Å². The molecule has 0 amide bonds. The number of nitrogens with zero attached hydrogens (tertiary/aromatic N) is 2. The summed E-state index contributed by atoms with van der Waals surface area (Å²) in [7, 11) is 0. The standard InChI is InChI=1S/C13H17N3O5/c1-4-13(20)10(18)9(7(3)17)21-11(13)16-6(2)5-8(14)15-12(16)19/h1,5,7,9-11,17-18,20H,2-3H3,(H2,14,15,19)/t7-,9+,10-,11+,13?/m0/s1. The SMILES string of the molecule is C#CC1(O)[C@@H](O)[C@@H]([C@H](C)O)O[C@H]1n1c(C)cc(N)nc1=O. The lowest BCUT2D eigenvalue weighted by Gasteiger charge is -2.27. The molecule has 0 aromatic carbocycles. The van der Waals surface area contributed by atoms with Crippen molar-refractivity contribution in [2.45, 2.75) is 44.0 Å². The summed E-state index contributed by atoms with van der Waals surface area (Å²) in [5.41, 5.74) is 2.88. The highest BCUT2D eigenvalue weighted by Crippen LogP contribution is 2.39. The van der Waals surface area contributed by atoms with Crippen molar-refractivity contribution in [3.05, 3.63) is 22.2 Å². The number of ether oxygens (including phenoxy) is 1. The van der Waals surface area contributed by atoms with Crippen molar-refractivity contribution in [1.82, 2.24) is 9.55 Å². The van der Waals surface area contributed by atoms with Crippen LogP contribution in [0.2, 0.25) is 0 Å². The number of anilines is 1. The Balaban J connectivity index is 2.59. The molecular formula is C13H17N3O5. The lowest BCUT2D eigenvalue weighted by molar-refractivity contribution is -0.0891. The molecule has 2 rings (SSSR count). The minimum Gasteiger partial charge on any atom is -0.391 e. The van der Waals surface area contributed by atoms with Crippen LogP contribution in [0.25, 0.3) is 0 Å². The Kier molecular flexibility index (Phi) is 3.78. The summed E-state index contributed by atoms with van der Waals surface area (Å²) in [5.74, 6) is 2.06. The van der Waals surface area contributed by atoms with Gasteiger partial charge in [-0.15, -0.1) is 6.42 Å². The van der Waals surface area contributed by atoms with E-state index in [4.69, 9.17) is 16.9 Å². The predicted octanol–water partition coefficient (Wildman–Crippen LogP) is -1.86. The highest BCUT2D eigenvalue weighted by Gasteiger charge is 2.57. The summed E-state index contributed by atoms with van der Waals surface area (Å²) in [6.45, 7) is 2.94. The van der Waals surface area contributed by atoms with Crippen molar-refractivity contribution in [1.29, 1.82) is 0 Å². The number of nitrogen functional groups attached to an aromatic ring is 1. The molecule has 1 aromatic rings. The maximum absolute atomic E-state index is 12.0. The molecule has 5 atom stereocenters. The number of aliphatic hydroxyl groups excluding tert-OH is 2. The van der Waals surface area contributed by atoms with Gasteiger partial charge in [-0.1, -0.05) is 5.92 Å². The van der Waals surface area contributed by atoms with Crippen molar-refractivity contribution in [3.8, 4) is 12.3 Å². The summed E-state index contributed by atoms with van der Waals surface area (Å²) >= 11 is 0. The first-order valence-electron chi connectivity index (χ1n) is 6.29. The lowest BCUT2D eigenvalue weighted by atomic mass is 9.93. The minimum absolute atomic E-state index is 0.0172. The van der Waals surface area contributed by atoms with Gasteiger partial charge in [0.2, 0.25) is 0 Å². The molecule has 1 aromatic heterocycles. The Morgan fingerprint density at radius 3 is 2.76 bits per heavy atom. The fourth-order valence-electron chi connectivity index (χ4n) is 2.43. The van der Waals surface area contributed by atoms with Crippen molar-refractivity contribution < 1.29 is 20.1 Å². The minimum atomic E-state index is -2.17. The maximum atomic E-state index is 12.0. The van der Waals surface area contributed by atoms with Crippen LogP contribution in [0.1, 0.15) is 18.8 Å². The Morgan fingerprint density at radius 1 is 1.67 bits per heavy atom. The Hall–Kier alpha value is -1.92. The third-order valence-corrected chi connectivity index (χ3v) is 3.53. The molecule has 0 aliphatic carbocycles. The third-order valence-electron chi connectivity index (χ3n) is 3.53. The normalized spacial score (nSPS) is 33.6. The smallest absolute Gasteiger partial charge is 0.351 e. The van der Waals surface area contributed by atoms with E-state index in [0.717, 1.165) is 4.57 Å². The monoisotopic (exact) mass is 295 g/mol. The highest BCUT2D eigenvalue weighted by atomic mass is 16.6. The van der Waals surface area contributed by atoms with E-state index in [1.165, 1.54) is 13.0 Å². The summed E-state index contributed by atoms with van der Waals surface area (Å²) < 4.78 is 6.42. The van der Waals surface area contributed by atoms with E-state index in [-0.39, 0.29) is 5.82 Å². The van der Waals surface area contributed by atoms with Gasteiger partial charge < -0.3 is 25.8 Å². The van der Waals surface area contributed by atoms with Gasteiger partial charge in [0, 0.05) is 5.69 Å². The molecule has 1 fully saturated rings. The van der Waals surface area contributed by atoms with Gasteiger partial charge >= 0.3 is 5.69 Å². The summed E-state index contributed by atoms with van der Waals surface area (Å²) in [6.07, 6.45) is 0.127. The Morgan fingerprint density at radius 2 is 2.29 bits per heavy atom. The van der Waals surface area contributed by atoms with E-state index in [9.17, 15) is 20.1 Å². The lowest BCUT2D eigenvalue weighted by Crippen LogP contribution is -2.49. The second-order valence-corrected chi connectivity index (χ2v) is 5.08. The Labute approximate surface area is 120 Å². The molecular weight excluding hydrogens is 278 g/mol. The first-order chi connectivity index (χ1) is 9.72. The number of hydrogen-bond donors (Lipinski definition) is 4. The van der Waals surface area contributed by atoms with E-state index in [0.29, 0.717) is 5.69 Å². The molecule has 2 heterocycles. The maximum Gasteiger partial charge on any atom is 0.351 e. The molecule has 8 nitrogen and oxygen atoms in total. The molecule has 0 bridgehead atoms. The molecule has 21 heavy (non-hydrogen) atoms. The molecule has 1 saturated heterocycles. The number of rotatable bonds is 2. The molecule has 5 N–H and O–H groups in total. The zero-order valence-corrected chi connectivity index (χ0v) is 11.6. The van der Waals surface area contributed by atoms with Crippen LogP contribution >= 0.6 is 0 Å². The second kappa shape index (κ2) is 5.13. The predicted molar refractivity (Wildman–Crippen MR) is 73.0 cm³/mol. The van der Waals surface area contributed by atoms with Crippen molar-refractivity contribution in [2.75, 3.05) is 5.73 Å². The molecule has 0 radical (unpaired) electrons. The molecule has 0 saturated carbocycles. The fraction of sp³-hybridized carbons (Fsp3) is 0.538. The van der Waals surface area contributed by atoms with Crippen LogP contribution in [0.4, 0.5) is 5.82 Å². The second-order valence-electron chi connectivity index (χ2n) is 5.08. The zero-order valence-electron chi connectivity index (χ0n) is 11.6. The number of aromatic nitrogens is 2. The van der Waals surface area contributed by atoms with Gasteiger partial charge in [0.1, 0.15) is 18.0 Å². The van der Waals surface area contributed by atoms with Crippen molar-refractivity contribution >= 4 is 5.82 Å². The van der Waals surface area contributed by atoms with Crippen molar-refractivity contribution in [3.63, 3.8) is 0 Å². The summed E-state index contributed by atoms with van der Waals surface area (Å²) in [6, 6.07) is 1.41. The van der Waals surface area contributed by atoms with Crippen molar-refractivity contribution in [2.24, 2.45) is 0 Å². The third kappa shape index (κ3) is 2.30. The molecule has 1 aliphatic rings. The fourth-order valence-corrected chi connectivity index (χ4v) is 2.43. The number of hydrogen-bond acceptors (Lipinski definition) is 7. The van der Waals surface area contributed by atoms with E-state index in [1.807, 2.05) is 5.92 Å². The van der Waals surface area contributed by atoms with Crippen LogP contribution in [0.3, 0.4) is 0 Å². The quantitative estimate of drug-likeness (QED) is 0.470. The van der Waals surface area contributed by atoms with Crippen LogP contribution in [-0.2, 0) is 4.74 Å². The van der Waals surface area contributed by atoms with Gasteiger partial charge in [0.05, 0.1) is 6.10 Å². The zero-order chi connectivity index (χ0) is 15.9. The van der Waals surface area contributed by atoms with Gasteiger partial charge in [-0.2, -0.15) is 4.98 Å². The van der Waals surface area contributed by atoms with Gasteiger partial charge in [-0.25, -0.2) is 4.79 Å². The first-order valence-corrected chi connectivity index (χ1v) is 6.29. The Bertz CT molecular complexity index is 650. The molecule has 1 unspecified atom stereocenters. The molecule has 114 valence electrons. The first kappa shape index (κ1) is 15.5. The average molecular weight is 295 g/mol. The van der Waals surface area contributed by atoms with E-state index in [2.05, 4.69) is 4.98 Å². The van der Waals surface area contributed by atoms with Crippen LogP contribution in [0.15, 0.2) is 10.9 Å². The molecule has 1 aliphatic heterocycles. The van der Waals surface area contributed by atoms with Crippen LogP contribution < -0.4 is 11.4 Å². The van der Waals surface area contributed by atoms with Gasteiger partial charge in [-0.05, 0) is 19.9 Å². The largest absolute Gasteiger partial charge is 0.391 e. The number of nitrogens with two attached hydrogens (primary N) is 1. The van der Waals surface area contributed by atoms with Crippen LogP contribution in [-0.4, -0.2) is 48.8 Å². The van der Waals surface area contributed by atoms with E-state index in [1.54, 1.807) is 6.92 Å². The van der Waals surface area contributed by atoms with Gasteiger partial charge in [-0.3, -0.25) is 4.57 Å².